The van der Waals surface area contributed by atoms with Crippen LogP contribution >= 0.6 is 11.3 Å². The van der Waals surface area contributed by atoms with Gasteiger partial charge in [0, 0.05) is 22.5 Å². The molecule has 0 radical (unpaired) electrons. The van der Waals surface area contributed by atoms with E-state index < -0.39 is 12.0 Å². The first-order valence-electron chi connectivity index (χ1n) is 10.2. The number of anilines is 1. The second kappa shape index (κ2) is 8.86. The van der Waals surface area contributed by atoms with E-state index in [-0.39, 0.29) is 24.1 Å². The minimum atomic E-state index is -0.495. The molecule has 3 aromatic rings. The van der Waals surface area contributed by atoms with Gasteiger partial charge in [0.15, 0.2) is 5.78 Å². The Balaban J connectivity index is 1.65. The van der Waals surface area contributed by atoms with Crippen molar-refractivity contribution in [2.45, 2.75) is 32.7 Å². The summed E-state index contributed by atoms with van der Waals surface area (Å²) in [6, 6.07) is 17.8. The van der Waals surface area contributed by atoms with Gasteiger partial charge in [-0.2, -0.15) is 0 Å². The molecule has 0 N–H and O–H groups in total. The summed E-state index contributed by atoms with van der Waals surface area (Å²) >= 11 is 1.53. The monoisotopic (exact) mass is 433 g/mol. The molecule has 0 aliphatic carbocycles. The summed E-state index contributed by atoms with van der Waals surface area (Å²) in [6.45, 7) is 3.49. The summed E-state index contributed by atoms with van der Waals surface area (Å²) in [5.74, 6) is -0.533. The topological polar surface area (TPSA) is 63.7 Å². The van der Waals surface area contributed by atoms with Crippen molar-refractivity contribution < 1.29 is 19.1 Å². The Hall–Kier alpha value is -3.25. The van der Waals surface area contributed by atoms with E-state index in [1.165, 1.54) is 18.3 Å². The molecule has 5 nitrogen and oxygen atoms in total. The number of carbonyl (C=O) groups is 3. The Morgan fingerprint density at radius 1 is 1.03 bits per heavy atom. The summed E-state index contributed by atoms with van der Waals surface area (Å²) < 4.78 is 5.67. The van der Waals surface area contributed by atoms with E-state index in [2.05, 4.69) is 0 Å². The summed E-state index contributed by atoms with van der Waals surface area (Å²) in [5.41, 5.74) is 2.44. The Morgan fingerprint density at radius 3 is 2.35 bits per heavy atom. The largest absolute Gasteiger partial charge is 0.426 e. The van der Waals surface area contributed by atoms with Crippen LogP contribution in [0.4, 0.5) is 5.69 Å². The Morgan fingerprint density at radius 2 is 1.74 bits per heavy atom. The maximum absolute atomic E-state index is 13.2. The molecular weight excluding hydrogens is 410 g/mol. The molecule has 1 amide bonds. The number of hydrogen-bond acceptors (Lipinski definition) is 5. The number of carbonyl (C=O) groups excluding carboxylic acids is 3. The molecule has 1 aliphatic heterocycles. The van der Waals surface area contributed by atoms with E-state index in [4.69, 9.17) is 4.74 Å². The molecule has 158 valence electrons. The van der Waals surface area contributed by atoms with Crippen LogP contribution in [0.15, 0.2) is 66.0 Å². The molecule has 1 fully saturated rings. The van der Waals surface area contributed by atoms with Gasteiger partial charge in [0.2, 0.25) is 5.91 Å². The van der Waals surface area contributed by atoms with Crippen LogP contribution in [0.5, 0.6) is 5.75 Å². The lowest BCUT2D eigenvalue weighted by Gasteiger charge is -2.39. The van der Waals surface area contributed by atoms with Gasteiger partial charge in [-0.3, -0.25) is 14.4 Å². The smallest absolute Gasteiger partial charge is 0.316 e. The molecule has 1 aliphatic rings. The van der Waals surface area contributed by atoms with Crippen LogP contribution < -0.4 is 9.64 Å². The molecule has 4 rings (SSSR count). The molecule has 6 heteroatoms. The van der Waals surface area contributed by atoms with Gasteiger partial charge in [0.25, 0.3) is 0 Å². The summed E-state index contributed by atoms with van der Waals surface area (Å²) in [6.07, 6.45) is 0.701. The second-order valence-corrected chi connectivity index (χ2v) is 8.69. The fourth-order valence-corrected chi connectivity index (χ4v) is 4.76. The zero-order chi connectivity index (χ0) is 22.0. The van der Waals surface area contributed by atoms with Gasteiger partial charge in [-0.1, -0.05) is 23.8 Å². The number of esters is 1. The molecule has 2 atom stereocenters. The summed E-state index contributed by atoms with van der Waals surface area (Å²) in [7, 11) is 0. The Kier molecular flexibility index (Phi) is 6.00. The average Bonchev–Trinajstić information content (AvgIpc) is 3.29. The summed E-state index contributed by atoms with van der Waals surface area (Å²) in [5, 5.41) is 1.95. The lowest BCUT2D eigenvalue weighted by molar-refractivity contribution is -0.141. The van der Waals surface area contributed by atoms with Crippen molar-refractivity contribution in [1.82, 2.24) is 0 Å². The number of benzene rings is 2. The van der Waals surface area contributed by atoms with Gasteiger partial charge < -0.3 is 9.64 Å². The number of amides is 1. The van der Waals surface area contributed by atoms with Crippen molar-refractivity contribution in [2.24, 2.45) is 5.92 Å². The first-order chi connectivity index (χ1) is 14.9. The number of nitrogens with zero attached hydrogens (tertiary/aromatic N) is 1. The number of ether oxygens (including phenoxy) is 1. The number of ketones is 1. The van der Waals surface area contributed by atoms with Crippen LogP contribution in [0.3, 0.4) is 0 Å². The molecule has 2 aromatic carbocycles. The van der Waals surface area contributed by atoms with Crippen molar-refractivity contribution in [1.29, 1.82) is 0 Å². The predicted octanol–water partition coefficient (Wildman–Crippen LogP) is 5.35. The highest BCUT2D eigenvalue weighted by Gasteiger charge is 2.43. The minimum absolute atomic E-state index is 0.00267. The number of Topliss-reactive ketones (excluding diaryl/α,β-unsaturated/α-hetero) is 1. The Labute approximate surface area is 185 Å². The molecule has 0 bridgehead atoms. The van der Waals surface area contributed by atoms with Crippen molar-refractivity contribution in [3.63, 3.8) is 0 Å². The van der Waals surface area contributed by atoms with E-state index in [0.717, 1.165) is 16.1 Å². The average molecular weight is 434 g/mol. The number of hydrogen-bond donors (Lipinski definition) is 0. The van der Waals surface area contributed by atoms with Gasteiger partial charge in [-0.15, -0.1) is 11.3 Å². The van der Waals surface area contributed by atoms with Crippen LogP contribution in [-0.4, -0.2) is 17.7 Å². The molecule has 2 heterocycles. The van der Waals surface area contributed by atoms with E-state index in [0.29, 0.717) is 17.7 Å². The van der Waals surface area contributed by atoms with Crippen LogP contribution in [0.25, 0.3) is 0 Å². The predicted molar refractivity (Wildman–Crippen MR) is 121 cm³/mol. The maximum Gasteiger partial charge on any atom is 0.316 e. The quantitative estimate of drug-likeness (QED) is 0.309. The van der Waals surface area contributed by atoms with E-state index in [1.54, 1.807) is 29.2 Å². The normalized spacial score (nSPS) is 18.6. The highest BCUT2D eigenvalue weighted by atomic mass is 32.1. The van der Waals surface area contributed by atoms with Crippen LogP contribution in [0, 0.1) is 12.8 Å². The van der Waals surface area contributed by atoms with Gasteiger partial charge in [-0.25, -0.2) is 0 Å². The van der Waals surface area contributed by atoms with E-state index in [9.17, 15) is 14.4 Å². The molecular formula is C25H23NO4S. The van der Waals surface area contributed by atoms with Crippen molar-refractivity contribution in [3.05, 3.63) is 82.0 Å². The number of thiophene rings is 1. The number of aryl methyl sites for hydroxylation is 1. The van der Waals surface area contributed by atoms with Crippen molar-refractivity contribution in [3.8, 4) is 5.75 Å². The molecule has 31 heavy (non-hydrogen) atoms. The minimum Gasteiger partial charge on any atom is -0.426 e. The zero-order valence-electron chi connectivity index (χ0n) is 17.4. The molecule has 0 saturated carbocycles. The Bertz CT molecular complexity index is 1090. The number of rotatable bonds is 5. The highest BCUT2D eigenvalue weighted by Crippen LogP contribution is 2.42. The third kappa shape index (κ3) is 4.44. The standard InChI is InChI=1S/C25H23NO4S/c1-16-5-9-19(10-6-16)26-23(28)14-13-21(24(26)22-4-3-15-31-22)25(29)30-20-11-7-18(8-12-20)17(2)27/h3-12,15,21,24H,13-14H2,1-2H3/t21-,24+/m1/s1. The maximum atomic E-state index is 13.2. The molecule has 1 saturated heterocycles. The lowest BCUT2D eigenvalue weighted by Crippen LogP contribution is -2.46. The third-order valence-electron chi connectivity index (χ3n) is 5.53. The van der Waals surface area contributed by atoms with Gasteiger partial charge in [0.05, 0.1) is 12.0 Å². The van der Waals surface area contributed by atoms with Gasteiger partial charge >= 0.3 is 5.97 Å². The fraction of sp³-hybridized carbons (Fsp3) is 0.240. The van der Waals surface area contributed by atoms with Crippen LogP contribution in [0.2, 0.25) is 0 Å². The highest BCUT2D eigenvalue weighted by molar-refractivity contribution is 7.10. The summed E-state index contributed by atoms with van der Waals surface area (Å²) in [4.78, 5) is 40.3. The molecule has 0 spiro atoms. The van der Waals surface area contributed by atoms with Crippen molar-refractivity contribution in [2.75, 3.05) is 4.90 Å². The van der Waals surface area contributed by atoms with Crippen LogP contribution in [0.1, 0.15) is 46.6 Å². The van der Waals surface area contributed by atoms with Crippen molar-refractivity contribution >= 4 is 34.7 Å². The molecule has 1 aromatic heterocycles. The SMILES string of the molecule is CC(=O)c1ccc(OC(=O)[C@@H]2CCC(=O)N(c3ccc(C)cc3)[C@@H]2c2cccs2)cc1. The van der Waals surface area contributed by atoms with Gasteiger partial charge in [-0.05, 0) is 68.1 Å². The second-order valence-electron chi connectivity index (χ2n) is 7.71. The third-order valence-corrected chi connectivity index (χ3v) is 6.47. The first kappa shape index (κ1) is 21.0. The van der Waals surface area contributed by atoms with Crippen LogP contribution in [-0.2, 0) is 9.59 Å². The van der Waals surface area contributed by atoms with Gasteiger partial charge in [0.1, 0.15) is 5.75 Å². The number of piperidine rings is 1. The van der Waals surface area contributed by atoms with E-state index >= 15 is 0 Å². The molecule has 0 unspecified atom stereocenters. The van der Waals surface area contributed by atoms with E-state index in [1.807, 2.05) is 48.7 Å². The lowest BCUT2D eigenvalue weighted by atomic mass is 9.87. The fourth-order valence-electron chi connectivity index (χ4n) is 3.88. The first-order valence-corrected chi connectivity index (χ1v) is 11.1. The zero-order valence-corrected chi connectivity index (χ0v) is 18.2.